The second kappa shape index (κ2) is 6.14. The number of benzene rings is 1. The lowest BCUT2D eigenvalue weighted by Crippen LogP contribution is -2.01. The fourth-order valence-electron chi connectivity index (χ4n) is 2.23. The summed E-state index contributed by atoms with van der Waals surface area (Å²) in [4.78, 5) is 19.6. The van der Waals surface area contributed by atoms with Crippen LogP contribution in [0.25, 0.3) is 22.5 Å². The molecule has 3 aromatic rings. The number of hydrogen-bond acceptors (Lipinski definition) is 3. The van der Waals surface area contributed by atoms with E-state index in [1.807, 2.05) is 0 Å². The molecule has 2 heterocycles. The molecule has 0 amide bonds. The molecule has 3 rings (SSSR count). The van der Waals surface area contributed by atoms with Gasteiger partial charge in [0.05, 0.1) is 17.0 Å². The first-order valence-corrected chi connectivity index (χ1v) is 7.04. The van der Waals surface area contributed by atoms with Crippen molar-refractivity contribution in [3.63, 3.8) is 0 Å². The molecule has 0 fully saturated rings. The van der Waals surface area contributed by atoms with E-state index in [0.717, 1.165) is 0 Å². The number of aromatic carboxylic acids is 1. The summed E-state index contributed by atoms with van der Waals surface area (Å²) in [5.74, 6) is -1.58. The van der Waals surface area contributed by atoms with Gasteiger partial charge in [-0.3, -0.25) is 9.97 Å². The van der Waals surface area contributed by atoms with Crippen molar-refractivity contribution < 1.29 is 14.3 Å². The molecule has 1 N–H and O–H groups in total. The molecule has 4 nitrogen and oxygen atoms in total. The molecular formula is C17H10ClFN2O2. The molecule has 0 unspecified atom stereocenters. The van der Waals surface area contributed by atoms with Crippen LogP contribution in [0.1, 0.15) is 10.4 Å². The van der Waals surface area contributed by atoms with Gasteiger partial charge in [-0.2, -0.15) is 0 Å². The van der Waals surface area contributed by atoms with Crippen molar-refractivity contribution in [1.82, 2.24) is 9.97 Å². The van der Waals surface area contributed by atoms with Gasteiger partial charge in [-0.15, -0.1) is 0 Å². The Morgan fingerprint density at radius 1 is 1.09 bits per heavy atom. The zero-order chi connectivity index (χ0) is 16.4. The number of nitrogens with zero attached hydrogens (tertiary/aromatic N) is 2. The van der Waals surface area contributed by atoms with Crippen molar-refractivity contribution in [3.8, 4) is 22.5 Å². The summed E-state index contributed by atoms with van der Waals surface area (Å²) in [6.07, 6.45) is 2.99. The minimum Gasteiger partial charge on any atom is -0.478 e. The van der Waals surface area contributed by atoms with E-state index in [9.17, 15) is 14.3 Å². The third-order valence-corrected chi connectivity index (χ3v) is 3.51. The Labute approximate surface area is 136 Å². The highest BCUT2D eigenvalue weighted by Crippen LogP contribution is 2.28. The van der Waals surface area contributed by atoms with Gasteiger partial charge in [0, 0.05) is 28.5 Å². The molecule has 0 atom stereocenters. The quantitative estimate of drug-likeness (QED) is 0.778. The van der Waals surface area contributed by atoms with Gasteiger partial charge < -0.3 is 5.11 Å². The molecule has 6 heteroatoms. The number of carbonyl (C=O) groups is 1. The van der Waals surface area contributed by atoms with Crippen LogP contribution in [0, 0.1) is 5.82 Å². The number of halogens is 2. The minimum atomic E-state index is -1.08. The van der Waals surface area contributed by atoms with Crippen molar-refractivity contribution in [2.45, 2.75) is 0 Å². The van der Waals surface area contributed by atoms with E-state index in [1.54, 1.807) is 24.3 Å². The first-order chi connectivity index (χ1) is 11.1. The maximum absolute atomic E-state index is 14.0. The molecule has 1 aromatic carbocycles. The Hall–Kier alpha value is -2.79. The van der Waals surface area contributed by atoms with Gasteiger partial charge in [0.25, 0.3) is 0 Å². The molecule has 0 aliphatic carbocycles. The van der Waals surface area contributed by atoms with Crippen LogP contribution in [0.2, 0.25) is 5.02 Å². The molecule has 0 radical (unpaired) electrons. The molecule has 114 valence electrons. The smallest absolute Gasteiger partial charge is 0.337 e. The molecule has 0 saturated heterocycles. The Morgan fingerprint density at radius 3 is 2.65 bits per heavy atom. The van der Waals surface area contributed by atoms with Crippen LogP contribution in [0.3, 0.4) is 0 Å². The monoisotopic (exact) mass is 328 g/mol. The Bertz CT molecular complexity index is 899. The average molecular weight is 329 g/mol. The Morgan fingerprint density at radius 2 is 1.91 bits per heavy atom. The number of rotatable bonds is 3. The molecule has 23 heavy (non-hydrogen) atoms. The van der Waals surface area contributed by atoms with E-state index >= 15 is 0 Å². The molecule has 0 saturated carbocycles. The average Bonchev–Trinajstić information content (AvgIpc) is 2.55. The highest BCUT2D eigenvalue weighted by atomic mass is 35.5. The number of pyridine rings is 2. The summed E-state index contributed by atoms with van der Waals surface area (Å²) >= 11 is 5.75. The Kier molecular flexibility index (Phi) is 4.04. The van der Waals surface area contributed by atoms with Crippen LogP contribution in [0.15, 0.2) is 54.9 Å². The Balaban J connectivity index is 2.13. The molecule has 2 aromatic heterocycles. The summed E-state index contributed by atoms with van der Waals surface area (Å²) < 4.78 is 14.0. The predicted octanol–water partition coefficient (Wildman–Crippen LogP) is 4.30. The van der Waals surface area contributed by atoms with Gasteiger partial charge >= 0.3 is 5.97 Å². The molecular weight excluding hydrogens is 319 g/mol. The molecule has 0 spiro atoms. The summed E-state index contributed by atoms with van der Waals surface area (Å²) in [6.45, 7) is 0. The third-order valence-electron chi connectivity index (χ3n) is 3.28. The fourth-order valence-corrected chi connectivity index (χ4v) is 2.39. The van der Waals surface area contributed by atoms with Crippen LogP contribution in [-0.4, -0.2) is 21.0 Å². The molecule has 0 bridgehead atoms. The van der Waals surface area contributed by atoms with Crippen molar-refractivity contribution >= 4 is 17.6 Å². The van der Waals surface area contributed by atoms with Gasteiger partial charge in [-0.05, 0) is 42.5 Å². The zero-order valence-electron chi connectivity index (χ0n) is 11.7. The van der Waals surface area contributed by atoms with Gasteiger partial charge in [0.1, 0.15) is 5.82 Å². The van der Waals surface area contributed by atoms with E-state index < -0.39 is 11.8 Å². The minimum absolute atomic E-state index is 0.0706. The van der Waals surface area contributed by atoms with Gasteiger partial charge in [-0.1, -0.05) is 11.6 Å². The van der Waals surface area contributed by atoms with Crippen LogP contribution in [0.5, 0.6) is 0 Å². The van der Waals surface area contributed by atoms with Gasteiger partial charge in [-0.25, -0.2) is 9.18 Å². The highest BCUT2D eigenvalue weighted by Gasteiger charge is 2.14. The summed E-state index contributed by atoms with van der Waals surface area (Å²) in [6, 6.07) is 10.5. The number of carboxylic acid groups (broad SMARTS) is 1. The van der Waals surface area contributed by atoms with Crippen LogP contribution >= 0.6 is 11.6 Å². The lowest BCUT2D eigenvalue weighted by molar-refractivity contribution is 0.0697. The predicted molar refractivity (Wildman–Crippen MR) is 84.8 cm³/mol. The van der Waals surface area contributed by atoms with Crippen LogP contribution in [0.4, 0.5) is 4.39 Å². The van der Waals surface area contributed by atoms with E-state index in [-0.39, 0.29) is 11.1 Å². The van der Waals surface area contributed by atoms with Crippen molar-refractivity contribution in [2.24, 2.45) is 0 Å². The first-order valence-electron chi connectivity index (χ1n) is 6.66. The second-order valence-corrected chi connectivity index (χ2v) is 5.20. The first kappa shape index (κ1) is 15.1. The van der Waals surface area contributed by atoms with E-state index in [2.05, 4.69) is 9.97 Å². The normalized spacial score (nSPS) is 10.5. The maximum Gasteiger partial charge on any atom is 0.337 e. The van der Waals surface area contributed by atoms with Crippen LogP contribution < -0.4 is 0 Å². The largest absolute Gasteiger partial charge is 0.478 e. The standard InChI is InChI=1S/C17H10ClFN2O2/c18-11-3-4-12(14(19)9-11)15-8-10(5-7-20-15)16-13(17(22)23)2-1-6-21-16/h1-9H,(H,22,23). The fraction of sp³-hybridized carbons (Fsp3) is 0. The van der Waals surface area contributed by atoms with Crippen LogP contribution in [-0.2, 0) is 0 Å². The number of carboxylic acids is 1. The summed E-state index contributed by atoms with van der Waals surface area (Å²) in [5.41, 5.74) is 1.57. The lowest BCUT2D eigenvalue weighted by atomic mass is 10.0. The summed E-state index contributed by atoms with van der Waals surface area (Å²) in [5, 5.41) is 9.55. The van der Waals surface area contributed by atoms with E-state index in [1.165, 1.54) is 30.6 Å². The SMILES string of the molecule is O=C(O)c1cccnc1-c1ccnc(-c2ccc(Cl)cc2F)c1. The van der Waals surface area contributed by atoms with Crippen molar-refractivity contribution in [3.05, 3.63) is 71.3 Å². The molecule has 0 aliphatic rings. The highest BCUT2D eigenvalue weighted by molar-refractivity contribution is 6.30. The van der Waals surface area contributed by atoms with Crippen molar-refractivity contribution in [2.75, 3.05) is 0 Å². The molecule has 0 aliphatic heterocycles. The topological polar surface area (TPSA) is 63.1 Å². The third kappa shape index (κ3) is 3.05. The second-order valence-electron chi connectivity index (χ2n) is 4.76. The number of hydrogen-bond donors (Lipinski definition) is 1. The number of aromatic nitrogens is 2. The van der Waals surface area contributed by atoms with Crippen molar-refractivity contribution in [1.29, 1.82) is 0 Å². The van der Waals surface area contributed by atoms with Gasteiger partial charge in [0.15, 0.2) is 0 Å². The summed E-state index contributed by atoms with van der Waals surface area (Å²) in [7, 11) is 0. The van der Waals surface area contributed by atoms with Gasteiger partial charge in [0.2, 0.25) is 0 Å². The maximum atomic E-state index is 14.0. The zero-order valence-corrected chi connectivity index (χ0v) is 12.5. The van der Waals surface area contributed by atoms with E-state index in [0.29, 0.717) is 22.0 Å². The van der Waals surface area contributed by atoms with E-state index in [4.69, 9.17) is 11.6 Å². The lowest BCUT2D eigenvalue weighted by Gasteiger charge is -2.08.